The average Bonchev–Trinajstić information content (AvgIpc) is 2.58. The molecular weight excluding hydrogens is 309 g/mol. The number of carbonyl (C=O) groups is 1. The Balaban J connectivity index is 1.76. The second-order valence-corrected chi connectivity index (χ2v) is 5.42. The van der Waals surface area contributed by atoms with E-state index in [0.717, 1.165) is 11.3 Å². The van der Waals surface area contributed by atoms with Crippen LogP contribution in [0.25, 0.3) is 0 Å². The van der Waals surface area contributed by atoms with E-state index in [1.165, 1.54) is 24.3 Å². The van der Waals surface area contributed by atoms with E-state index < -0.39 is 6.10 Å². The predicted octanol–water partition coefficient (Wildman–Crippen LogP) is 3.49. The molecule has 0 aliphatic rings. The van der Waals surface area contributed by atoms with Crippen LogP contribution in [0.5, 0.6) is 11.5 Å². The molecule has 0 radical (unpaired) electrons. The van der Waals surface area contributed by atoms with Gasteiger partial charge < -0.3 is 14.8 Å². The van der Waals surface area contributed by atoms with E-state index in [2.05, 4.69) is 5.32 Å². The zero-order valence-electron chi connectivity index (χ0n) is 13.9. The highest BCUT2D eigenvalue weighted by Crippen LogP contribution is 2.14. The number of hydrogen-bond donors (Lipinski definition) is 1. The lowest BCUT2D eigenvalue weighted by Crippen LogP contribution is -2.39. The lowest BCUT2D eigenvalue weighted by atomic mass is 10.2. The fourth-order valence-electron chi connectivity index (χ4n) is 2.16. The summed E-state index contributed by atoms with van der Waals surface area (Å²) < 4.78 is 24.1. The lowest BCUT2D eigenvalue weighted by Gasteiger charge is -2.17. The maximum absolute atomic E-state index is 12.9. The van der Waals surface area contributed by atoms with Crippen LogP contribution in [0.2, 0.25) is 0 Å². The van der Waals surface area contributed by atoms with E-state index in [4.69, 9.17) is 9.47 Å². The molecule has 2 rings (SSSR count). The largest absolute Gasteiger partial charge is 0.492 e. The molecule has 0 bridgehead atoms. The number of benzene rings is 2. The van der Waals surface area contributed by atoms with Crippen LogP contribution >= 0.6 is 0 Å². The van der Waals surface area contributed by atoms with Gasteiger partial charge in [-0.05, 0) is 55.3 Å². The first kappa shape index (κ1) is 17.8. The molecule has 24 heavy (non-hydrogen) atoms. The second-order valence-electron chi connectivity index (χ2n) is 5.42. The average molecular weight is 331 g/mol. The van der Waals surface area contributed by atoms with Gasteiger partial charge in [-0.1, -0.05) is 19.1 Å². The summed E-state index contributed by atoms with van der Waals surface area (Å²) >= 11 is 0. The molecule has 0 aromatic heterocycles. The minimum absolute atomic E-state index is 0.213. The van der Waals surface area contributed by atoms with Crippen molar-refractivity contribution in [2.45, 2.75) is 26.4 Å². The lowest BCUT2D eigenvalue weighted by molar-refractivity contribution is -0.128. The minimum Gasteiger partial charge on any atom is -0.492 e. The summed E-state index contributed by atoms with van der Waals surface area (Å²) in [6.07, 6.45) is -0.100. The zero-order chi connectivity index (χ0) is 17.4. The summed E-state index contributed by atoms with van der Waals surface area (Å²) in [5.74, 6) is 0.691. The molecule has 4 nitrogen and oxygen atoms in total. The van der Waals surface area contributed by atoms with Gasteiger partial charge in [0.15, 0.2) is 6.10 Å². The smallest absolute Gasteiger partial charge is 0.261 e. The van der Waals surface area contributed by atoms with Crippen LogP contribution in [-0.2, 0) is 4.79 Å². The summed E-state index contributed by atoms with van der Waals surface area (Å²) in [6, 6.07) is 13.3. The molecule has 5 heteroatoms. The molecule has 0 unspecified atom stereocenters. The molecule has 0 aliphatic carbocycles. The first-order valence-corrected chi connectivity index (χ1v) is 7.98. The van der Waals surface area contributed by atoms with Crippen LogP contribution in [0.1, 0.15) is 18.9 Å². The molecule has 0 saturated carbocycles. The topological polar surface area (TPSA) is 47.6 Å². The number of nitrogens with one attached hydrogen (secondary N) is 1. The molecule has 0 aliphatic heterocycles. The Bertz CT molecular complexity index is 658. The molecule has 1 amide bonds. The summed E-state index contributed by atoms with van der Waals surface area (Å²) in [7, 11) is 0. The number of aryl methyl sites for hydroxylation is 1. The van der Waals surface area contributed by atoms with Crippen LogP contribution in [0.15, 0.2) is 48.5 Å². The zero-order valence-corrected chi connectivity index (χ0v) is 13.9. The Kier molecular flexibility index (Phi) is 6.61. The fourth-order valence-corrected chi connectivity index (χ4v) is 2.16. The van der Waals surface area contributed by atoms with Gasteiger partial charge >= 0.3 is 0 Å². The van der Waals surface area contributed by atoms with Crippen molar-refractivity contribution in [1.29, 1.82) is 0 Å². The van der Waals surface area contributed by atoms with Crippen LogP contribution in [0.3, 0.4) is 0 Å². The van der Waals surface area contributed by atoms with E-state index >= 15 is 0 Å². The van der Waals surface area contributed by atoms with Gasteiger partial charge in [0.1, 0.15) is 23.9 Å². The molecule has 128 valence electrons. The molecule has 0 saturated heterocycles. The SMILES string of the molecule is CC[C@H](Oc1ccc(F)cc1)C(=O)NCCOc1cccc(C)c1. The molecule has 0 spiro atoms. The highest BCUT2D eigenvalue weighted by molar-refractivity contribution is 5.81. The van der Waals surface area contributed by atoms with Gasteiger partial charge in [0.2, 0.25) is 0 Å². The third-order valence-corrected chi connectivity index (χ3v) is 3.41. The third kappa shape index (κ3) is 5.57. The van der Waals surface area contributed by atoms with Crippen molar-refractivity contribution in [2.24, 2.45) is 0 Å². The Morgan fingerprint density at radius 2 is 1.92 bits per heavy atom. The summed E-state index contributed by atoms with van der Waals surface area (Å²) in [5, 5.41) is 2.79. The normalized spacial score (nSPS) is 11.6. The van der Waals surface area contributed by atoms with Crippen LogP contribution < -0.4 is 14.8 Å². The molecule has 1 N–H and O–H groups in total. The van der Waals surface area contributed by atoms with Crippen molar-refractivity contribution in [3.8, 4) is 11.5 Å². The van der Waals surface area contributed by atoms with E-state index in [9.17, 15) is 9.18 Å². The maximum Gasteiger partial charge on any atom is 0.261 e. The monoisotopic (exact) mass is 331 g/mol. The molecule has 1 atom stereocenters. The molecule has 0 fully saturated rings. The number of ether oxygens (including phenoxy) is 2. The highest BCUT2D eigenvalue weighted by Gasteiger charge is 2.17. The fraction of sp³-hybridized carbons (Fsp3) is 0.316. The Morgan fingerprint density at radius 1 is 1.17 bits per heavy atom. The first-order chi connectivity index (χ1) is 11.6. The van der Waals surface area contributed by atoms with Gasteiger partial charge in [0.25, 0.3) is 5.91 Å². The number of rotatable bonds is 8. The van der Waals surface area contributed by atoms with Crippen molar-refractivity contribution in [3.63, 3.8) is 0 Å². The molecule has 2 aromatic carbocycles. The molecular formula is C19H22FNO3. The van der Waals surface area contributed by atoms with Crippen LogP contribution in [0.4, 0.5) is 4.39 Å². The Morgan fingerprint density at radius 3 is 2.58 bits per heavy atom. The van der Waals surface area contributed by atoms with Crippen molar-refractivity contribution in [2.75, 3.05) is 13.2 Å². The highest BCUT2D eigenvalue weighted by atomic mass is 19.1. The number of hydrogen-bond acceptors (Lipinski definition) is 3. The third-order valence-electron chi connectivity index (χ3n) is 3.41. The molecule has 2 aromatic rings. The van der Waals surface area contributed by atoms with Crippen LogP contribution in [-0.4, -0.2) is 25.2 Å². The van der Waals surface area contributed by atoms with Gasteiger partial charge in [-0.25, -0.2) is 4.39 Å². The Hall–Kier alpha value is -2.56. The van der Waals surface area contributed by atoms with E-state index in [-0.39, 0.29) is 11.7 Å². The quantitative estimate of drug-likeness (QED) is 0.753. The maximum atomic E-state index is 12.9. The van der Waals surface area contributed by atoms with E-state index in [1.54, 1.807) is 0 Å². The van der Waals surface area contributed by atoms with E-state index in [0.29, 0.717) is 25.3 Å². The summed E-state index contributed by atoms with van der Waals surface area (Å²) in [4.78, 5) is 12.1. The van der Waals surface area contributed by atoms with E-state index in [1.807, 2.05) is 38.1 Å². The summed E-state index contributed by atoms with van der Waals surface area (Å²) in [6.45, 7) is 4.61. The van der Waals surface area contributed by atoms with Crippen molar-refractivity contribution in [1.82, 2.24) is 5.32 Å². The van der Waals surface area contributed by atoms with Gasteiger partial charge in [0.05, 0.1) is 6.54 Å². The number of amides is 1. The number of halogens is 1. The van der Waals surface area contributed by atoms with Crippen LogP contribution in [0, 0.1) is 12.7 Å². The van der Waals surface area contributed by atoms with Gasteiger partial charge in [0, 0.05) is 0 Å². The van der Waals surface area contributed by atoms with Gasteiger partial charge in [-0.2, -0.15) is 0 Å². The predicted molar refractivity (Wildman–Crippen MR) is 90.8 cm³/mol. The van der Waals surface area contributed by atoms with Crippen molar-refractivity contribution >= 4 is 5.91 Å². The van der Waals surface area contributed by atoms with Gasteiger partial charge in [-0.15, -0.1) is 0 Å². The molecule has 0 heterocycles. The van der Waals surface area contributed by atoms with Gasteiger partial charge in [-0.3, -0.25) is 4.79 Å². The Labute approximate surface area is 141 Å². The van der Waals surface area contributed by atoms with Crippen molar-refractivity contribution in [3.05, 3.63) is 59.9 Å². The number of carbonyl (C=O) groups excluding carboxylic acids is 1. The summed E-state index contributed by atoms with van der Waals surface area (Å²) in [5.41, 5.74) is 1.12. The first-order valence-electron chi connectivity index (χ1n) is 7.98. The van der Waals surface area contributed by atoms with Crippen molar-refractivity contribution < 1.29 is 18.7 Å². The minimum atomic E-state index is -0.616. The second kappa shape index (κ2) is 8.91. The standard InChI is InChI=1S/C19H22FNO3/c1-3-18(24-16-9-7-15(20)8-10-16)19(22)21-11-12-23-17-6-4-5-14(2)13-17/h4-10,13,18H,3,11-12H2,1-2H3,(H,21,22)/t18-/m0/s1.